The first-order valence-corrected chi connectivity index (χ1v) is 5.94. The third kappa shape index (κ3) is 4.87. The monoisotopic (exact) mass is 254 g/mol. The van der Waals surface area contributed by atoms with Gasteiger partial charge in [0.05, 0.1) is 12.1 Å². The van der Waals surface area contributed by atoms with Gasteiger partial charge in [-0.2, -0.15) is 0 Å². The molecule has 0 aliphatic rings. The van der Waals surface area contributed by atoms with Crippen molar-refractivity contribution in [2.24, 2.45) is 5.84 Å². The molecule has 1 aromatic rings. The summed E-state index contributed by atoms with van der Waals surface area (Å²) in [5.41, 5.74) is 2.53. The number of nitrogen functional groups attached to an aromatic ring is 1. The summed E-state index contributed by atoms with van der Waals surface area (Å²) in [6.07, 6.45) is 2.52. The Kier molecular flexibility index (Phi) is 5.84. The van der Waals surface area contributed by atoms with Gasteiger partial charge in [0, 0.05) is 0 Å². The normalized spacial score (nSPS) is 11.2. The molecule has 0 aliphatic carbocycles. The van der Waals surface area contributed by atoms with Crippen LogP contribution in [0.3, 0.4) is 0 Å². The quantitative estimate of drug-likeness (QED) is 0.415. The maximum absolute atomic E-state index is 11.2. The lowest BCUT2D eigenvalue weighted by molar-refractivity contribution is 0.0953. The molecule has 18 heavy (non-hydrogen) atoms. The third-order valence-electron chi connectivity index (χ3n) is 2.62. The van der Waals surface area contributed by atoms with Crippen LogP contribution in [0.4, 0.5) is 0 Å². The van der Waals surface area contributed by atoms with Crippen LogP contribution in [0.2, 0.25) is 0 Å². The Bertz CT molecular complexity index is 376. The molecule has 1 amide bonds. The largest absolute Gasteiger partial charge is 0.467 e. The van der Waals surface area contributed by atoms with Gasteiger partial charge in [-0.05, 0) is 46.7 Å². The number of nitrogens with one attached hydrogen (secondary N) is 1. The lowest BCUT2D eigenvalue weighted by Crippen LogP contribution is -2.29. The molecule has 0 unspecified atom stereocenters. The molecule has 0 bridgehead atoms. The molecule has 0 atom stereocenters. The lowest BCUT2D eigenvalue weighted by Gasteiger charge is -2.16. The molecule has 1 aromatic heterocycles. The van der Waals surface area contributed by atoms with Gasteiger partial charge in [-0.15, -0.1) is 0 Å². The van der Waals surface area contributed by atoms with Crippen LogP contribution >= 0.6 is 0 Å². The van der Waals surface area contributed by atoms with Crippen LogP contribution in [0, 0.1) is 0 Å². The Hall–Kier alpha value is -1.37. The second kappa shape index (κ2) is 7.15. The first kappa shape index (κ1) is 14.7. The van der Waals surface area contributed by atoms with E-state index >= 15 is 0 Å². The molecule has 0 fully saturated rings. The van der Waals surface area contributed by atoms with E-state index in [1.165, 1.54) is 6.26 Å². The minimum absolute atomic E-state index is 0.333. The highest BCUT2D eigenvalue weighted by Crippen LogP contribution is 2.09. The molecule has 3 N–H and O–H groups in total. The van der Waals surface area contributed by atoms with Crippen LogP contribution in [0.25, 0.3) is 0 Å². The molecular formula is C12H22N4O2. The number of hydrogen-bond donors (Lipinski definition) is 2. The fourth-order valence-corrected chi connectivity index (χ4v) is 1.67. The van der Waals surface area contributed by atoms with Gasteiger partial charge in [0.25, 0.3) is 5.91 Å². The second-order valence-corrected chi connectivity index (χ2v) is 4.67. The van der Waals surface area contributed by atoms with Crippen molar-refractivity contribution in [3.8, 4) is 0 Å². The summed E-state index contributed by atoms with van der Waals surface area (Å²) in [6, 6.07) is 1.71. The van der Waals surface area contributed by atoms with Crippen molar-refractivity contribution >= 4 is 5.91 Å². The van der Waals surface area contributed by atoms with Crippen molar-refractivity contribution in [3.05, 3.63) is 23.7 Å². The summed E-state index contributed by atoms with van der Waals surface area (Å²) in [5.74, 6) is 5.48. The number of hydrogen-bond acceptors (Lipinski definition) is 5. The maximum atomic E-state index is 11.2. The van der Waals surface area contributed by atoms with Gasteiger partial charge in [0.1, 0.15) is 12.0 Å². The molecular weight excluding hydrogens is 232 g/mol. The Morgan fingerprint density at radius 1 is 1.39 bits per heavy atom. The molecule has 0 saturated carbocycles. The Morgan fingerprint density at radius 2 is 2.11 bits per heavy atom. The fraction of sp³-hybridized carbons (Fsp3) is 0.583. The van der Waals surface area contributed by atoms with Crippen molar-refractivity contribution in [1.29, 1.82) is 0 Å². The molecule has 0 radical (unpaired) electrons. The average Bonchev–Trinajstić information content (AvgIpc) is 2.76. The van der Waals surface area contributed by atoms with Gasteiger partial charge < -0.3 is 9.32 Å². The first-order valence-electron chi connectivity index (χ1n) is 5.94. The standard InChI is InChI=1S/C12H22N4O2/c1-15(2)5-4-6-16(3)8-11-7-10(9-18-11)12(17)14-13/h7,9H,4-6,8,13H2,1-3H3,(H,14,17). The van der Waals surface area contributed by atoms with E-state index in [4.69, 9.17) is 10.3 Å². The van der Waals surface area contributed by atoms with Crippen LogP contribution in [0.5, 0.6) is 0 Å². The van der Waals surface area contributed by atoms with Gasteiger partial charge in [0.15, 0.2) is 0 Å². The highest BCUT2D eigenvalue weighted by molar-refractivity contribution is 5.93. The minimum Gasteiger partial charge on any atom is -0.467 e. The number of furan rings is 1. The average molecular weight is 254 g/mol. The van der Waals surface area contributed by atoms with Crippen LogP contribution in [0.1, 0.15) is 22.5 Å². The minimum atomic E-state index is -0.333. The fourth-order valence-electron chi connectivity index (χ4n) is 1.67. The Morgan fingerprint density at radius 3 is 2.72 bits per heavy atom. The highest BCUT2D eigenvalue weighted by atomic mass is 16.3. The lowest BCUT2D eigenvalue weighted by atomic mass is 10.3. The van der Waals surface area contributed by atoms with E-state index < -0.39 is 0 Å². The van der Waals surface area contributed by atoms with Gasteiger partial charge in [-0.25, -0.2) is 5.84 Å². The van der Waals surface area contributed by atoms with Crippen LogP contribution in [-0.4, -0.2) is 49.9 Å². The zero-order valence-corrected chi connectivity index (χ0v) is 11.3. The number of nitrogens with two attached hydrogens (primary N) is 1. The third-order valence-corrected chi connectivity index (χ3v) is 2.62. The molecule has 0 saturated heterocycles. The van der Waals surface area contributed by atoms with Crippen LogP contribution in [-0.2, 0) is 6.54 Å². The number of amides is 1. The van der Waals surface area contributed by atoms with Gasteiger partial charge >= 0.3 is 0 Å². The van der Waals surface area contributed by atoms with Crippen LogP contribution in [0.15, 0.2) is 16.7 Å². The van der Waals surface area contributed by atoms with E-state index in [2.05, 4.69) is 29.3 Å². The summed E-state index contributed by atoms with van der Waals surface area (Å²) in [4.78, 5) is 15.6. The van der Waals surface area contributed by atoms with Gasteiger partial charge in [0.2, 0.25) is 0 Å². The molecule has 0 aromatic carbocycles. The van der Waals surface area contributed by atoms with Gasteiger partial charge in [-0.3, -0.25) is 15.1 Å². The molecule has 1 rings (SSSR count). The van der Waals surface area contributed by atoms with Crippen molar-refractivity contribution < 1.29 is 9.21 Å². The van der Waals surface area contributed by atoms with E-state index in [1.807, 2.05) is 7.05 Å². The summed E-state index contributed by atoms with van der Waals surface area (Å²) in [5, 5.41) is 0. The Labute approximate surface area is 108 Å². The first-order chi connectivity index (χ1) is 8.52. The second-order valence-electron chi connectivity index (χ2n) is 4.67. The topological polar surface area (TPSA) is 74.7 Å². The molecule has 6 nitrogen and oxygen atoms in total. The van der Waals surface area contributed by atoms with E-state index in [0.29, 0.717) is 12.1 Å². The summed E-state index contributed by atoms with van der Waals surface area (Å²) < 4.78 is 5.32. The predicted octanol–water partition coefficient (Wildman–Crippen LogP) is 0.267. The molecule has 1 heterocycles. The number of carbonyl (C=O) groups excluding carboxylic acids is 1. The van der Waals surface area contributed by atoms with E-state index in [-0.39, 0.29) is 5.91 Å². The predicted molar refractivity (Wildman–Crippen MR) is 69.9 cm³/mol. The van der Waals surface area contributed by atoms with Crippen molar-refractivity contribution in [1.82, 2.24) is 15.2 Å². The van der Waals surface area contributed by atoms with Crippen molar-refractivity contribution in [2.75, 3.05) is 34.2 Å². The van der Waals surface area contributed by atoms with Crippen molar-refractivity contribution in [3.63, 3.8) is 0 Å². The van der Waals surface area contributed by atoms with E-state index in [0.717, 1.165) is 25.3 Å². The van der Waals surface area contributed by atoms with Crippen molar-refractivity contribution in [2.45, 2.75) is 13.0 Å². The molecule has 0 aliphatic heterocycles. The van der Waals surface area contributed by atoms with Crippen LogP contribution < -0.4 is 11.3 Å². The van der Waals surface area contributed by atoms with E-state index in [9.17, 15) is 4.79 Å². The summed E-state index contributed by atoms with van der Waals surface area (Å²) >= 11 is 0. The zero-order valence-electron chi connectivity index (χ0n) is 11.3. The number of rotatable bonds is 7. The number of hydrazine groups is 1. The zero-order chi connectivity index (χ0) is 13.5. The molecule has 0 spiro atoms. The molecule has 102 valence electrons. The number of carbonyl (C=O) groups is 1. The number of nitrogens with zero attached hydrogens (tertiary/aromatic N) is 2. The van der Waals surface area contributed by atoms with Gasteiger partial charge in [-0.1, -0.05) is 0 Å². The molecule has 6 heteroatoms. The highest BCUT2D eigenvalue weighted by Gasteiger charge is 2.10. The summed E-state index contributed by atoms with van der Waals surface area (Å²) in [6.45, 7) is 2.73. The van der Waals surface area contributed by atoms with E-state index in [1.54, 1.807) is 6.07 Å². The summed E-state index contributed by atoms with van der Waals surface area (Å²) in [7, 11) is 6.15. The smallest absolute Gasteiger partial charge is 0.268 e. The maximum Gasteiger partial charge on any atom is 0.268 e. The SMILES string of the molecule is CN(C)CCCN(C)Cc1cc(C(=O)NN)co1. The Balaban J connectivity index is 2.37.